The molecule has 10 heteroatoms. The molecule has 2 N–H and O–H groups in total. The van der Waals surface area contributed by atoms with Gasteiger partial charge < -0.3 is 15.3 Å². The van der Waals surface area contributed by atoms with Gasteiger partial charge in [0.1, 0.15) is 5.69 Å². The minimum Gasteiger partial charge on any atom is -0.481 e. The smallest absolute Gasteiger partial charge is 0.321 e. The number of rotatable bonds is 4. The Kier molecular flexibility index (Phi) is 5.06. The van der Waals surface area contributed by atoms with Gasteiger partial charge in [-0.05, 0) is 0 Å². The average molecular weight is 312 g/mol. The van der Waals surface area contributed by atoms with Crippen molar-refractivity contribution in [2.24, 2.45) is 0 Å². The molecule has 0 aromatic heterocycles. The number of hydrogen-bond donors (Lipinski definition) is 2. The average Bonchev–Trinajstić information content (AvgIpc) is 2.44. The van der Waals surface area contributed by atoms with Gasteiger partial charge in [0.15, 0.2) is 23.3 Å². The fourth-order valence-corrected chi connectivity index (χ4v) is 1.28. The van der Waals surface area contributed by atoms with E-state index in [-0.39, 0.29) is 6.54 Å². The molecule has 0 atom stereocenters. The van der Waals surface area contributed by atoms with Crippen molar-refractivity contribution in [2.45, 2.75) is 6.42 Å². The maximum absolute atomic E-state index is 13.3. The van der Waals surface area contributed by atoms with Crippen LogP contribution < -0.4 is 5.32 Å². The lowest BCUT2D eigenvalue weighted by Crippen LogP contribution is -2.34. The Morgan fingerprint density at radius 2 is 1.43 bits per heavy atom. The van der Waals surface area contributed by atoms with Gasteiger partial charge in [0.25, 0.3) is 0 Å². The zero-order valence-corrected chi connectivity index (χ0v) is 10.5. The molecule has 1 rings (SSSR count). The van der Waals surface area contributed by atoms with E-state index in [4.69, 9.17) is 5.11 Å². The van der Waals surface area contributed by atoms with Crippen molar-refractivity contribution >= 4 is 17.7 Å². The highest BCUT2D eigenvalue weighted by atomic mass is 19.2. The van der Waals surface area contributed by atoms with E-state index < -0.39 is 53.2 Å². The van der Waals surface area contributed by atoms with Crippen molar-refractivity contribution < 1.29 is 36.6 Å². The molecule has 0 fully saturated rings. The third-order valence-corrected chi connectivity index (χ3v) is 2.45. The number of benzene rings is 1. The maximum atomic E-state index is 13.3. The fourth-order valence-electron chi connectivity index (χ4n) is 1.28. The van der Waals surface area contributed by atoms with E-state index in [1.54, 1.807) is 0 Å². The Morgan fingerprint density at radius 3 is 1.86 bits per heavy atom. The van der Waals surface area contributed by atoms with E-state index in [2.05, 4.69) is 0 Å². The lowest BCUT2D eigenvalue weighted by atomic mass is 10.2. The monoisotopic (exact) mass is 312 g/mol. The molecule has 0 spiro atoms. The van der Waals surface area contributed by atoms with Crippen LogP contribution >= 0.6 is 0 Å². The topological polar surface area (TPSA) is 69.6 Å². The third-order valence-electron chi connectivity index (χ3n) is 2.45. The summed E-state index contributed by atoms with van der Waals surface area (Å²) in [4.78, 5) is 22.5. The molecule has 0 aliphatic rings. The van der Waals surface area contributed by atoms with Crippen molar-refractivity contribution in [3.8, 4) is 0 Å². The summed E-state index contributed by atoms with van der Waals surface area (Å²) < 4.78 is 65.2. The van der Waals surface area contributed by atoms with Crippen molar-refractivity contribution in [2.75, 3.05) is 18.9 Å². The number of carbonyl (C=O) groups excluding carboxylic acids is 1. The van der Waals surface area contributed by atoms with E-state index in [1.165, 1.54) is 5.32 Å². The summed E-state index contributed by atoms with van der Waals surface area (Å²) in [7, 11) is 1.09. The number of amides is 2. The number of nitrogens with one attached hydrogen (secondary N) is 1. The standard InChI is InChI=1S/C11H9F5N2O3/c1-18(3-2-4(19)20)11(21)17-10-8(15)6(13)5(12)7(14)9(10)16/h2-3H2,1H3,(H,17,21)(H,19,20). The highest BCUT2D eigenvalue weighted by molar-refractivity contribution is 5.89. The van der Waals surface area contributed by atoms with Gasteiger partial charge in [0.05, 0.1) is 6.42 Å². The summed E-state index contributed by atoms with van der Waals surface area (Å²) in [5, 5.41) is 9.91. The Bertz CT molecular complexity index is 565. The summed E-state index contributed by atoms with van der Waals surface area (Å²) in [5.41, 5.74) is -1.50. The van der Waals surface area contributed by atoms with Crippen LogP contribution in [-0.2, 0) is 4.79 Å². The van der Waals surface area contributed by atoms with Crippen LogP contribution in [0.1, 0.15) is 6.42 Å². The molecule has 1 aromatic rings. The van der Waals surface area contributed by atoms with E-state index in [0.717, 1.165) is 7.05 Å². The molecule has 0 aliphatic carbocycles. The first-order chi connectivity index (χ1) is 9.66. The molecule has 116 valence electrons. The predicted octanol–water partition coefficient (Wildman–Crippen LogP) is 2.32. The second-order valence-corrected chi connectivity index (χ2v) is 3.94. The lowest BCUT2D eigenvalue weighted by molar-refractivity contribution is -0.137. The second-order valence-electron chi connectivity index (χ2n) is 3.94. The second kappa shape index (κ2) is 6.37. The first-order valence-electron chi connectivity index (χ1n) is 5.42. The molecular formula is C11H9F5N2O3. The molecule has 0 unspecified atom stereocenters. The Hall–Kier alpha value is -2.39. The summed E-state index contributed by atoms with van der Waals surface area (Å²) in [5.74, 6) is -12.3. The normalized spacial score (nSPS) is 10.4. The molecular weight excluding hydrogens is 303 g/mol. The maximum Gasteiger partial charge on any atom is 0.321 e. The molecule has 2 amide bonds. The quantitative estimate of drug-likeness (QED) is 0.509. The molecule has 5 nitrogen and oxygen atoms in total. The van der Waals surface area contributed by atoms with E-state index >= 15 is 0 Å². The molecule has 21 heavy (non-hydrogen) atoms. The van der Waals surface area contributed by atoms with Gasteiger partial charge >= 0.3 is 12.0 Å². The largest absolute Gasteiger partial charge is 0.481 e. The van der Waals surface area contributed by atoms with Crippen LogP contribution in [0, 0.1) is 29.1 Å². The predicted molar refractivity (Wildman–Crippen MR) is 60.1 cm³/mol. The molecule has 0 bridgehead atoms. The first kappa shape index (κ1) is 16.7. The highest BCUT2D eigenvalue weighted by Crippen LogP contribution is 2.27. The number of nitrogens with zero attached hydrogens (tertiary/aromatic N) is 1. The summed E-state index contributed by atoms with van der Waals surface area (Å²) >= 11 is 0. The molecule has 1 aromatic carbocycles. The van der Waals surface area contributed by atoms with Crippen molar-refractivity contribution in [1.29, 1.82) is 0 Å². The van der Waals surface area contributed by atoms with Gasteiger partial charge in [-0.1, -0.05) is 0 Å². The van der Waals surface area contributed by atoms with Crippen LogP contribution in [0.4, 0.5) is 32.4 Å². The highest BCUT2D eigenvalue weighted by Gasteiger charge is 2.27. The fraction of sp³-hybridized carbons (Fsp3) is 0.273. The van der Waals surface area contributed by atoms with Gasteiger partial charge in [-0.3, -0.25) is 4.79 Å². The van der Waals surface area contributed by atoms with Crippen LogP contribution in [-0.4, -0.2) is 35.6 Å². The number of carboxylic acids is 1. The summed E-state index contributed by atoms with van der Waals surface area (Å²) in [6.45, 7) is -0.323. The van der Waals surface area contributed by atoms with Crippen LogP contribution in [0.5, 0.6) is 0 Å². The van der Waals surface area contributed by atoms with Gasteiger partial charge in [0, 0.05) is 13.6 Å². The SMILES string of the molecule is CN(CCC(=O)O)C(=O)Nc1c(F)c(F)c(F)c(F)c1F. The summed E-state index contributed by atoms with van der Waals surface area (Å²) in [6.07, 6.45) is -0.457. The molecule has 0 saturated carbocycles. The van der Waals surface area contributed by atoms with E-state index in [9.17, 15) is 31.5 Å². The zero-order chi connectivity index (χ0) is 16.3. The molecule has 0 aliphatic heterocycles. The lowest BCUT2D eigenvalue weighted by Gasteiger charge is -2.17. The van der Waals surface area contributed by atoms with Crippen LogP contribution in [0.25, 0.3) is 0 Å². The zero-order valence-electron chi connectivity index (χ0n) is 10.5. The number of halogens is 5. The third kappa shape index (κ3) is 3.58. The first-order valence-corrected chi connectivity index (χ1v) is 5.42. The van der Waals surface area contributed by atoms with E-state index in [0.29, 0.717) is 4.90 Å². The number of hydrogen-bond acceptors (Lipinski definition) is 2. The van der Waals surface area contributed by atoms with Crippen LogP contribution in [0.3, 0.4) is 0 Å². The Balaban J connectivity index is 2.98. The van der Waals surface area contributed by atoms with Crippen molar-refractivity contribution in [3.05, 3.63) is 29.1 Å². The van der Waals surface area contributed by atoms with E-state index in [1.807, 2.05) is 0 Å². The van der Waals surface area contributed by atoms with Crippen LogP contribution in [0.2, 0.25) is 0 Å². The Labute approximate surface area is 115 Å². The van der Waals surface area contributed by atoms with Gasteiger partial charge in [-0.2, -0.15) is 0 Å². The van der Waals surface area contributed by atoms with Crippen molar-refractivity contribution in [1.82, 2.24) is 4.90 Å². The van der Waals surface area contributed by atoms with Crippen molar-refractivity contribution in [3.63, 3.8) is 0 Å². The minimum absolute atomic E-state index is 0.323. The molecule has 0 heterocycles. The number of anilines is 1. The summed E-state index contributed by atoms with van der Waals surface area (Å²) in [6, 6.07) is -1.22. The minimum atomic E-state index is -2.35. The number of urea groups is 1. The number of carbonyl (C=O) groups is 2. The molecule has 0 saturated heterocycles. The van der Waals surface area contributed by atoms with Crippen LogP contribution in [0.15, 0.2) is 0 Å². The van der Waals surface area contributed by atoms with Gasteiger partial charge in [-0.25, -0.2) is 26.7 Å². The van der Waals surface area contributed by atoms with Gasteiger partial charge in [0.2, 0.25) is 5.82 Å². The molecule has 0 radical (unpaired) electrons. The number of carboxylic acid groups (broad SMARTS) is 1. The Morgan fingerprint density at radius 1 is 1.00 bits per heavy atom. The van der Waals surface area contributed by atoms with Gasteiger partial charge in [-0.15, -0.1) is 0 Å². The number of aliphatic carboxylic acids is 1.